The molecule has 1 aromatic rings. The zero-order valence-corrected chi connectivity index (χ0v) is 10.9. The lowest BCUT2D eigenvalue weighted by atomic mass is 10.3. The monoisotopic (exact) mass is 267 g/mol. The van der Waals surface area contributed by atoms with Crippen LogP contribution in [-0.2, 0) is 4.79 Å². The summed E-state index contributed by atoms with van der Waals surface area (Å²) >= 11 is 1.39. The van der Waals surface area contributed by atoms with Crippen LogP contribution in [0.5, 0.6) is 0 Å². The van der Waals surface area contributed by atoms with Crippen molar-refractivity contribution in [3.63, 3.8) is 0 Å². The quantitative estimate of drug-likeness (QED) is 0.830. The number of nitrogens with two attached hydrogens (primary N) is 1. The van der Waals surface area contributed by atoms with E-state index in [-0.39, 0.29) is 17.9 Å². The fraction of sp³-hybridized carbons (Fsp3) is 0.500. The third-order valence-electron chi connectivity index (χ3n) is 2.95. The molecule has 0 aromatic carbocycles. The summed E-state index contributed by atoms with van der Waals surface area (Å²) in [6, 6.07) is 3.70. The van der Waals surface area contributed by atoms with Gasteiger partial charge in [0.15, 0.2) is 0 Å². The van der Waals surface area contributed by atoms with Gasteiger partial charge in [0.2, 0.25) is 5.91 Å². The fourth-order valence-corrected chi connectivity index (χ4v) is 2.59. The number of carbonyl (C=O) groups excluding carboxylic acids is 2. The lowest BCUT2D eigenvalue weighted by Gasteiger charge is -2.15. The second kappa shape index (κ2) is 5.97. The third kappa shape index (κ3) is 3.30. The van der Waals surface area contributed by atoms with Gasteiger partial charge in [0.25, 0.3) is 5.91 Å². The van der Waals surface area contributed by atoms with Crippen LogP contribution in [0, 0.1) is 0 Å². The topological polar surface area (TPSA) is 75.4 Å². The molecule has 0 unspecified atom stereocenters. The van der Waals surface area contributed by atoms with E-state index in [1.54, 1.807) is 11.0 Å². The number of rotatable bonds is 4. The standard InChI is InChI=1S/C12H17N3O2S/c13-9-4-6-15(8-9)11(16)3-5-14-12(17)10-2-1-7-18-10/h1-2,7,9H,3-6,8,13H2,(H,14,17)/t9-/m1/s1. The summed E-state index contributed by atoms with van der Waals surface area (Å²) in [6.07, 6.45) is 1.21. The molecule has 5 nitrogen and oxygen atoms in total. The zero-order valence-electron chi connectivity index (χ0n) is 10.1. The number of carbonyl (C=O) groups is 2. The average Bonchev–Trinajstić information content (AvgIpc) is 2.99. The van der Waals surface area contributed by atoms with Crippen molar-refractivity contribution in [1.29, 1.82) is 0 Å². The van der Waals surface area contributed by atoms with Gasteiger partial charge >= 0.3 is 0 Å². The van der Waals surface area contributed by atoms with Crippen molar-refractivity contribution in [3.05, 3.63) is 22.4 Å². The van der Waals surface area contributed by atoms with Crippen molar-refractivity contribution in [3.8, 4) is 0 Å². The molecule has 2 heterocycles. The number of likely N-dealkylation sites (tertiary alicyclic amines) is 1. The summed E-state index contributed by atoms with van der Waals surface area (Å²) in [5.74, 6) is -0.0506. The Kier molecular flexibility index (Phi) is 4.33. The Balaban J connectivity index is 1.69. The molecule has 0 aliphatic carbocycles. The summed E-state index contributed by atoms with van der Waals surface area (Å²) in [5.41, 5.74) is 5.74. The molecule has 18 heavy (non-hydrogen) atoms. The van der Waals surface area contributed by atoms with Gasteiger partial charge in [-0.25, -0.2) is 0 Å². The molecule has 1 saturated heterocycles. The zero-order chi connectivity index (χ0) is 13.0. The molecule has 6 heteroatoms. The summed E-state index contributed by atoms with van der Waals surface area (Å²) in [5, 5.41) is 4.60. The molecule has 1 atom stereocenters. The van der Waals surface area contributed by atoms with Gasteiger partial charge < -0.3 is 16.0 Å². The van der Waals surface area contributed by atoms with Crippen LogP contribution in [0.2, 0.25) is 0 Å². The number of thiophene rings is 1. The van der Waals surface area contributed by atoms with Crippen molar-refractivity contribution in [1.82, 2.24) is 10.2 Å². The van der Waals surface area contributed by atoms with E-state index in [0.717, 1.165) is 13.0 Å². The van der Waals surface area contributed by atoms with Crippen molar-refractivity contribution in [2.75, 3.05) is 19.6 Å². The molecule has 0 bridgehead atoms. The average molecular weight is 267 g/mol. The summed E-state index contributed by atoms with van der Waals surface area (Å²) in [7, 11) is 0. The van der Waals surface area contributed by atoms with Crippen molar-refractivity contribution in [2.45, 2.75) is 18.9 Å². The maximum absolute atomic E-state index is 11.8. The van der Waals surface area contributed by atoms with Gasteiger partial charge in [-0.15, -0.1) is 11.3 Å². The highest BCUT2D eigenvalue weighted by atomic mass is 32.1. The number of hydrogen-bond acceptors (Lipinski definition) is 4. The second-order valence-electron chi connectivity index (χ2n) is 4.37. The van der Waals surface area contributed by atoms with Crippen molar-refractivity contribution < 1.29 is 9.59 Å². The lowest BCUT2D eigenvalue weighted by Crippen LogP contribution is -2.34. The van der Waals surface area contributed by atoms with Crippen molar-refractivity contribution in [2.24, 2.45) is 5.73 Å². The maximum atomic E-state index is 11.8. The number of nitrogens with one attached hydrogen (secondary N) is 1. The molecule has 1 fully saturated rings. The predicted octanol–water partition coefficient (Wildman–Crippen LogP) is 0.428. The van der Waals surface area contributed by atoms with E-state index >= 15 is 0 Å². The lowest BCUT2D eigenvalue weighted by molar-refractivity contribution is -0.130. The molecule has 3 N–H and O–H groups in total. The number of nitrogens with zero attached hydrogens (tertiary/aromatic N) is 1. The normalized spacial score (nSPS) is 18.9. The van der Waals surface area contributed by atoms with Gasteiger partial charge in [-0.1, -0.05) is 6.07 Å². The third-order valence-corrected chi connectivity index (χ3v) is 3.82. The highest BCUT2D eigenvalue weighted by Crippen LogP contribution is 2.09. The first kappa shape index (κ1) is 13.0. The molecule has 1 aliphatic rings. The first-order valence-corrected chi connectivity index (χ1v) is 6.90. The van der Waals surface area contributed by atoms with E-state index in [0.29, 0.717) is 24.4 Å². The Morgan fingerprint density at radius 2 is 2.39 bits per heavy atom. The molecule has 0 radical (unpaired) electrons. The minimum atomic E-state index is -0.115. The number of hydrogen-bond donors (Lipinski definition) is 2. The van der Waals surface area contributed by atoms with Crippen LogP contribution in [0.4, 0.5) is 0 Å². The van der Waals surface area contributed by atoms with Gasteiger partial charge in [0.1, 0.15) is 0 Å². The molecule has 2 amide bonds. The van der Waals surface area contributed by atoms with E-state index in [1.165, 1.54) is 11.3 Å². The number of amides is 2. The van der Waals surface area contributed by atoms with E-state index in [9.17, 15) is 9.59 Å². The van der Waals surface area contributed by atoms with Gasteiger partial charge in [0, 0.05) is 32.1 Å². The Morgan fingerprint density at radius 3 is 3.00 bits per heavy atom. The van der Waals surface area contributed by atoms with Crippen LogP contribution < -0.4 is 11.1 Å². The van der Waals surface area contributed by atoms with E-state index < -0.39 is 0 Å². The highest BCUT2D eigenvalue weighted by Gasteiger charge is 2.23. The Labute approximate surface area is 110 Å². The first-order chi connectivity index (χ1) is 8.66. The molecule has 0 spiro atoms. The molecule has 0 saturated carbocycles. The molecule has 98 valence electrons. The predicted molar refractivity (Wildman–Crippen MR) is 70.4 cm³/mol. The van der Waals surface area contributed by atoms with Crippen LogP contribution >= 0.6 is 11.3 Å². The smallest absolute Gasteiger partial charge is 0.261 e. The van der Waals surface area contributed by atoms with E-state index in [4.69, 9.17) is 5.73 Å². The summed E-state index contributed by atoms with van der Waals surface area (Å²) in [4.78, 5) is 25.8. The molecule has 1 aromatic heterocycles. The molecular formula is C12H17N3O2S. The van der Waals surface area contributed by atoms with Gasteiger partial charge in [-0.05, 0) is 17.9 Å². The Bertz CT molecular complexity index is 419. The maximum Gasteiger partial charge on any atom is 0.261 e. The van der Waals surface area contributed by atoms with Crippen molar-refractivity contribution >= 4 is 23.2 Å². The van der Waals surface area contributed by atoms with Gasteiger partial charge in [-0.2, -0.15) is 0 Å². The van der Waals surface area contributed by atoms with Crippen LogP contribution in [0.25, 0.3) is 0 Å². The summed E-state index contributed by atoms with van der Waals surface area (Å²) in [6.45, 7) is 1.75. The minimum Gasteiger partial charge on any atom is -0.351 e. The van der Waals surface area contributed by atoms with Crippen LogP contribution in [0.3, 0.4) is 0 Å². The van der Waals surface area contributed by atoms with Gasteiger partial charge in [-0.3, -0.25) is 9.59 Å². The Morgan fingerprint density at radius 1 is 1.56 bits per heavy atom. The SMILES string of the molecule is N[C@@H]1CCN(C(=O)CCNC(=O)c2cccs2)C1. The van der Waals surface area contributed by atoms with Crippen LogP contribution in [0.1, 0.15) is 22.5 Å². The Hall–Kier alpha value is -1.40. The van der Waals surface area contributed by atoms with Gasteiger partial charge in [0.05, 0.1) is 4.88 Å². The molecular weight excluding hydrogens is 250 g/mol. The van der Waals surface area contributed by atoms with Crippen LogP contribution in [0.15, 0.2) is 17.5 Å². The van der Waals surface area contributed by atoms with Crippen LogP contribution in [-0.4, -0.2) is 42.4 Å². The molecule has 1 aliphatic heterocycles. The second-order valence-corrected chi connectivity index (χ2v) is 5.32. The first-order valence-electron chi connectivity index (χ1n) is 6.02. The van der Waals surface area contributed by atoms with E-state index in [1.807, 2.05) is 11.4 Å². The molecule has 2 rings (SSSR count). The minimum absolute atomic E-state index is 0.0643. The largest absolute Gasteiger partial charge is 0.351 e. The fourth-order valence-electron chi connectivity index (χ4n) is 1.95. The summed E-state index contributed by atoms with van der Waals surface area (Å²) < 4.78 is 0. The highest BCUT2D eigenvalue weighted by molar-refractivity contribution is 7.12. The van der Waals surface area contributed by atoms with E-state index in [2.05, 4.69) is 5.32 Å².